The third-order valence-corrected chi connectivity index (χ3v) is 5.00. The standard InChI is InChI=1S/C24H22N2O2/c1-4-17-8-10-18(11-9-17)23(27)25-20-7-5-6-19(14-20)24-26-21-12-15(2)16(3)13-22(21)28-24/h5-14H,4H2,1-3H3,(H,25,27). The van der Waals surface area contributed by atoms with E-state index in [-0.39, 0.29) is 5.91 Å². The van der Waals surface area contributed by atoms with Crippen LogP contribution < -0.4 is 5.32 Å². The topological polar surface area (TPSA) is 55.1 Å². The maximum Gasteiger partial charge on any atom is 0.255 e. The van der Waals surface area contributed by atoms with Crippen LogP contribution in [0.25, 0.3) is 22.6 Å². The third-order valence-electron chi connectivity index (χ3n) is 5.00. The summed E-state index contributed by atoms with van der Waals surface area (Å²) in [5.41, 5.74) is 7.33. The van der Waals surface area contributed by atoms with Crippen molar-refractivity contribution in [3.05, 3.63) is 82.9 Å². The maximum absolute atomic E-state index is 12.5. The van der Waals surface area contributed by atoms with E-state index in [1.807, 2.05) is 60.7 Å². The minimum absolute atomic E-state index is 0.136. The molecule has 1 aromatic heterocycles. The Morgan fingerprint density at radius 1 is 1.00 bits per heavy atom. The van der Waals surface area contributed by atoms with Crippen molar-refractivity contribution in [3.8, 4) is 11.5 Å². The first-order valence-electron chi connectivity index (χ1n) is 9.42. The number of nitrogens with zero attached hydrogens (tertiary/aromatic N) is 1. The zero-order valence-corrected chi connectivity index (χ0v) is 16.2. The van der Waals surface area contributed by atoms with Crippen molar-refractivity contribution in [2.45, 2.75) is 27.2 Å². The highest BCUT2D eigenvalue weighted by atomic mass is 16.3. The van der Waals surface area contributed by atoms with Crippen LogP contribution in [-0.2, 0) is 6.42 Å². The lowest BCUT2D eigenvalue weighted by Crippen LogP contribution is -2.11. The van der Waals surface area contributed by atoms with Crippen LogP contribution in [0.3, 0.4) is 0 Å². The van der Waals surface area contributed by atoms with E-state index in [1.54, 1.807) is 0 Å². The summed E-state index contributed by atoms with van der Waals surface area (Å²) in [6.45, 7) is 6.21. The molecule has 0 saturated heterocycles. The van der Waals surface area contributed by atoms with E-state index in [0.717, 1.165) is 23.1 Å². The van der Waals surface area contributed by atoms with E-state index in [1.165, 1.54) is 16.7 Å². The summed E-state index contributed by atoms with van der Waals surface area (Å²) >= 11 is 0. The Morgan fingerprint density at radius 3 is 2.50 bits per heavy atom. The minimum atomic E-state index is -0.136. The summed E-state index contributed by atoms with van der Waals surface area (Å²) in [4.78, 5) is 17.1. The van der Waals surface area contributed by atoms with E-state index in [2.05, 4.69) is 31.1 Å². The molecule has 0 saturated carbocycles. The number of hydrogen-bond donors (Lipinski definition) is 1. The fourth-order valence-corrected chi connectivity index (χ4v) is 3.13. The van der Waals surface area contributed by atoms with Gasteiger partial charge in [-0.05, 0) is 79.4 Å². The van der Waals surface area contributed by atoms with Crippen LogP contribution in [0, 0.1) is 13.8 Å². The van der Waals surface area contributed by atoms with Gasteiger partial charge in [-0.1, -0.05) is 25.1 Å². The quantitative estimate of drug-likeness (QED) is 0.485. The number of hydrogen-bond acceptors (Lipinski definition) is 3. The largest absolute Gasteiger partial charge is 0.436 e. The average molecular weight is 370 g/mol. The third kappa shape index (κ3) is 3.54. The number of benzene rings is 3. The van der Waals surface area contributed by atoms with Crippen molar-refractivity contribution < 1.29 is 9.21 Å². The van der Waals surface area contributed by atoms with Gasteiger partial charge in [-0.2, -0.15) is 0 Å². The van der Waals surface area contributed by atoms with Gasteiger partial charge in [0.15, 0.2) is 5.58 Å². The van der Waals surface area contributed by atoms with Crippen LogP contribution in [0.4, 0.5) is 5.69 Å². The Balaban J connectivity index is 1.59. The van der Waals surface area contributed by atoms with Crippen LogP contribution in [0.2, 0.25) is 0 Å². The highest BCUT2D eigenvalue weighted by Crippen LogP contribution is 2.28. The Hall–Kier alpha value is -3.40. The van der Waals surface area contributed by atoms with Crippen molar-refractivity contribution in [3.63, 3.8) is 0 Å². The summed E-state index contributed by atoms with van der Waals surface area (Å²) in [5, 5.41) is 2.95. The lowest BCUT2D eigenvalue weighted by molar-refractivity contribution is 0.102. The summed E-state index contributed by atoms with van der Waals surface area (Å²) in [6.07, 6.45) is 0.952. The molecule has 3 aromatic carbocycles. The summed E-state index contributed by atoms with van der Waals surface area (Å²) in [5.74, 6) is 0.409. The maximum atomic E-state index is 12.5. The number of aromatic nitrogens is 1. The van der Waals surface area contributed by atoms with E-state index in [9.17, 15) is 4.79 Å². The molecule has 4 nitrogen and oxygen atoms in total. The molecule has 140 valence electrons. The van der Waals surface area contributed by atoms with E-state index in [0.29, 0.717) is 17.1 Å². The molecular formula is C24H22N2O2. The van der Waals surface area contributed by atoms with Gasteiger partial charge in [0.25, 0.3) is 5.91 Å². The number of oxazole rings is 1. The first-order valence-corrected chi connectivity index (χ1v) is 9.42. The average Bonchev–Trinajstić information content (AvgIpc) is 3.11. The molecule has 1 amide bonds. The number of carbonyl (C=O) groups is 1. The van der Waals surface area contributed by atoms with Gasteiger partial charge in [-0.3, -0.25) is 4.79 Å². The SMILES string of the molecule is CCc1ccc(C(=O)Nc2cccc(-c3nc4cc(C)c(C)cc4o3)c2)cc1. The molecule has 4 rings (SSSR count). The molecule has 28 heavy (non-hydrogen) atoms. The second-order valence-corrected chi connectivity index (χ2v) is 7.01. The molecule has 0 atom stereocenters. The zero-order valence-electron chi connectivity index (χ0n) is 16.2. The molecule has 4 aromatic rings. The van der Waals surface area contributed by atoms with Crippen LogP contribution in [0.15, 0.2) is 65.1 Å². The van der Waals surface area contributed by atoms with Gasteiger partial charge in [-0.15, -0.1) is 0 Å². The minimum Gasteiger partial charge on any atom is -0.436 e. The van der Waals surface area contributed by atoms with Crippen molar-refractivity contribution in [2.75, 3.05) is 5.32 Å². The molecule has 0 radical (unpaired) electrons. The second kappa shape index (κ2) is 7.31. The fraction of sp³-hybridized carbons (Fsp3) is 0.167. The lowest BCUT2D eigenvalue weighted by Gasteiger charge is -2.07. The Kier molecular flexibility index (Phi) is 4.70. The summed E-state index contributed by atoms with van der Waals surface area (Å²) in [7, 11) is 0. The van der Waals surface area contributed by atoms with Gasteiger partial charge in [0.05, 0.1) is 0 Å². The van der Waals surface area contributed by atoms with Gasteiger partial charge in [0.1, 0.15) is 5.52 Å². The van der Waals surface area contributed by atoms with Gasteiger partial charge >= 0.3 is 0 Å². The van der Waals surface area contributed by atoms with Crippen molar-refractivity contribution in [1.82, 2.24) is 4.98 Å². The Labute approximate surface area is 164 Å². The van der Waals surface area contributed by atoms with Gasteiger partial charge < -0.3 is 9.73 Å². The molecular weight excluding hydrogens is 348 g/mol. The van der Waals surface area contributed by atoms with E-state index >= 15 is 0 Å². The Bertz CT molecular complexity index is 1120. The monoisotopic (exact) mass is 370 g/mol. The summed E-state index contributed by atoms with van der Waals surface area (Å²) in [6, 6.07) is 19.2. The molecule has 0 aliphatic carbocycles. The lowest BCUT2D eigenvalue weighted by atomic mass is 10.1. The molecule has 0 aliphatic rings. The molecule has 0 spiro atoms. The smallest absolute Gasteiger partial charge is 0.255 e. The van der Waals surface area contributed by atoms with Crippen LogP contribution in [0.5, 0.6) is 0 Å². The van der Waals surface area contributed by atoms with Crippen molar-refractivity contribution in [1.29, 1.82) is 0 Å². The molecule has 0 aliphatic heterocycles. The normalized spacial score (nSPS) is 11.0. The van der Waals surface area contributed by atoms with Crippen LogP contribution in [0.1, 0.15) is 34.0 Å². The first kappa shape index (κ1) is 18.0. The molecule has 0 unspecified atom stereocenters. The van der Waals surface area contributed by atoms with Gasteiger partial charge in [-0.25, -0.2) is 4.98 Å². The van der Waals surface area contributed by atoms with Crippen molar-refractivity contribution in [2.24, 2.45) is 0 Å². The number of nitrogens with one attached hydrogen (secondary N) is 1. The predicted molar refractivity (Wildman–Crippen MR) is 113 cm³/mol. The predicted octanol–water partition coefficient (Wildman–Crippen LogP) is 5.93. The number of carbonyl (C=O) groups excluding carboxylic acids is 1. The summed E-state index contributed by atoms with van der Waals surface area (Å²) < 4.78 is 5.94. The van der Waals surface area contributed by atoms with Gasteiger partial charge in [0.2, 0.25) is 5.89 Å². The Morgan fingerprint density at radius 2 is 1.75 bits per heavy atom. The number of aryl methyl sites for hydroxylation is 3. The zero-order chi connectivity index (χ0) is 19.7. The number of rotatable bonds is 4. The van der Waals surface area contributed by atoms with Crippen molar-refractivity contribution >= 4 is 22.7 Å². The second-order valence-electron chi connectivity index (χ2n) is 7.01. The number of anilines is 1. The highest BCUT2D eigenvalue weighted by Gasteiger charge is 2.11. The molecule has 4 heteroatoms. The molecule has 0 fully saturated rings. The van der Waals surface area contributed by atoms with Gasteiger partial charge in [0, 0.05) is 16.8 Å². The van der Waals surface area contributed by atoms with Crippen LogP contribution >= 0.6 is 0 Å². The number of amides is 1. The van der Waals surface area contributed by atoms with E-state index in [4.69, 9.17) is 4.42 Å². The molecule has 1 heterocycles. The highest BCUT2D eigenvalue weighted by molar-refractivity contribution is 6.04. The fourth-order valence-electron chi connectivity index (χ4n) is 3.13. The molecule has 0 bridgehead atoms. The number of fused-ring (bicyclic) bond motifs is 1. The molecule has 1 N–H and O–H groups in total. The first-order chi connectivity index (χ1) is 13.5. The van der Waals surface area contributed by atoms with E-state index < -0.39 is 0 Å². The van der Waals surface area contributed by atoms with Crippen LogP contribution in [-0.4, -0.2) is 10.9 Å².